The van der Waals surface area contributed by atoms with Gasteiger partial charge < -0.3 is 39.3 Å². The van der Waals surface area contributed by atoms with Crippen molar-refractivity contribution in [3.63, 3.8) is 0 Å². The maximum absolute atomic E-state index is 10.2. The van der Waals surface area contributed by atoms with Crippen LogP contribution in [0.1, 0.15) is 88.7 Å². The molecule has 4 unspecified atom stereocenters. The molecule has 0 spiro atoms. The van der Waals surface area contributed by atoms with Gasteiger partial charge in [0.15, 0.2) is 34.7 Å². The molecule has 2 aliphatic heterocycles. The average Bonchev–Trinajstić information content (AvgIpc) is 3.97. The van der Waals surface area contributed by atoms with Crippen molar-refractivity contribution in [3.05, 3.63) is 60.2 Å². The number of para-hydroxylation sites is 4. The van der Waals surface area contributed by atoms with Gasteiger partial charge in [-0.3, -0.25) is 0 Å². The van der Waals surface area contributed by atoms with Gasteiger partial charge in [-0.1, -0.05) is 73.1 Å². The molecular formula is C46H60N12O4. The molecule has 4 aliphatic rings. The van der Waals surface area contributed by atoms with E-state index in [0.717, 1.165) is 66.2 Å². The third kappa shape index (κ3) is 9.58. The quantitative estimate of drug-likeness (QED) is 0.134. The predicted molar refractivity (Wildman–Crippen MR) is 238 cm³/mol. The zero-order valence-electron chi connectivity index (χ0n) is 36.2. The van der Waals surface area contributed by atoms with E-state index >= 15 is 0 Å². The van der Waals surface area contributed by atoms with E-state index in [-0.39, 0.29) is 18.6 Å². The van der Waals surface area contributed by atoms with Gasteiger partial charge in [-0.15, -0.1) is 0 Å². The molecule has 0 bridgehead atoms. The molecule has 6 aromatic rings. The van der Waals surface area contributed by atoms with E-state index in [2.05, 4.69) is 40.7 Å². The summed E-state index contributed by atoms with van der Waals surface area (Å²) in [5.74, 6) is 3.61. The van der Waals surface area contributed by atoms with Crippen LogP contribution in [-0.2, 0) is 4.74 Å². The van der Waals surface area contributed by atoms with Crippen LogP contribution in [0.25, 0.3) is 45.2 Å². The summed E-state index contributed by atoms with van der Waals surface area (Å²) in [5.41, 5.74) is 4.54. The lowest BCUT2D eigenvalue weighted by Crippen LogP contribution is -2.56. The number of aryl methyl sites for hydroxylation is 2. The normalized spacial score (nSPS) is 22.8. The first kappa shape index (κ1) is 42.2. The molecule has 0 amide bonds. The van der Waals surface area contributed by atoms with Crippen LogP contribution in [0.2, 0.25) is 0 Å². The van der Waals surface area contributed by atoms with E-state index in [1.165, 1.54) is 64.2 Å². The van der Waals surface area contributed by atoms with Gasteiger partial charge in [0, 0.05) is 70.0 Å². The van der Waals surface area contributed by atoms with Crippen LogP contribution in [0.5, 0.6) is 0 Å². The van der Waals surface area contributed by atoms with Gasteiger partial charge in [0.25, 0.3) is 11.8 Å². The maximum atomic E-state index is 10.2. The second-order valence-corrected chi connectivity index (χ2v) is 17.5. The molecule has 3 N–H and O–H groups in total. The van der Waals surface area contributed by atoms with Gasteiger partial charge in [0.1, 0.15) is 0 Å². The fourth-order valence-electron chi connectivity index (χ4n) is 9.81. The number of methoxy groups -OCH3 is 1. The monoisotopic (exact) mass is 844 g/mol. The van der Waals surface area contributed by atoms with Gasteiger partial charge in [0.05, 0.1) is 28.2 Å². The van der Waals surface area contributed by atoms with Crippen LogP contribution in [-0.4, -0.2) is 115 Å². The van der Waals surface area contributed by atoms with Gasteiger partial charge in [0.2, 0.25) is 0 Å². The number of nitrogens with zero attached hydrogens (tertiary/aromatic N) is 10. The molecule has 10 rings (SSSR count). The van der Waals surface area contributed by atoms with E-state index in [9.17, 15) is 5.11 Å². The number of hydrogen-bond donors (Lipinski definition) is 3. The predicted octanol–water partition coefficient (Wildman–Crippen LogP) is 6.60. The standard InChI is InChI=1S/2C23H30N6O2/c1-15-24-23(31-28-15)21-22(27-18-11-7-6-10-17(18)26-21)29-13-12-19(20(14-29)30-2)25-16-8-4-3-5-9-16;1-15-24-23(31-28-15)21-22(27-20-10-6-5-9-19(20)26-21)29-12-11-18(16(13-29)14-30)25-17-7-3-2-4-8-17/h6-7,10-11,16,19-20,25H,3-5,8-9,12-14H2,1-2H3;5-6,9-10,16-18,25,30H,2-4,7-8,11-14H2,1H3. The fourth-order valence-corrected chi connectivity index (χ4v) is 9.81. The minimum absolute atomic E-state index is 0.0845. The van der Waals surface area contributed by atoms with Gasteiger partial charge >= 0.3 is 0 Å². The third-order valence-corrected chi connectivity index (χ3v) is 13.1. The summed E-state index contributed by atoms with van der Waals surface area (Å²) in [6.45, 7) is 6.93. The van der Waals surface area contributed by atoms with Crippen LogP contribution >= 0.6 is 0 Å². The number of aliphatic hydroxyl groups is 1. The molecule has 4 atom stereocenters. The Bertz CT molecular complexity index is 2230. The molecular weight excluding hydrogens is 785 g/mol. The molecule has 62 heavy (non-hydrogen) atoms. The number of ether oxygens (including phenoxy) is 1. The lowest BCUT2D eigenvalue weighted by Gasteiger charge is -2.41. The number of hydrogen-bond acceptors (Lipinski definition) is 16. The summed E-state index contributed by atoms with van der Waals surface area (Å²) in [5, 5.41) is 25.8. The van der Waals surface area contributed by atoms with E-state index in [4.69, 9.17) is 33.7 Å². The number of nitrogens with one attached hydrogen (secondary N) is 2. The Balaban J connectivity index is 0.000000158. The summed E-state index contributed by atoms with van der Waals surface area (Å²) in [6, 6.07) is 17.6. The van der Waals surface area contributed by atoms with Crippen molar-refractivity contribution < 1.29 is 18.9 Å². The molecule has 2 aromatic carbocycles. The number of piperidine rings is 2. The largest absolute Gasteiger partial charge is 0.396 e. The highest BCUT2D eigenvalue weighted by Gasteiger charge is 2.35. The number of rotatable bonds is 10. The smallest absolute Gasteiger partial charge is 0.280 e. The van der Waals surface area contributed by atoms with Crippen LogP contribution in [0.15, 0.2) is 57.6 Å². The van der Waals surface area contributed by atoms with Crippen LogP contribution < -0.4 is 20.4 Å². The first-order chi connectivity index (χ1) is 30.4. The molecule has 328 valence electrons. The first-order valence-corrected chi connectivity index (χ1v) is 22.7. The van der Waals surface area contributed by atoms with Gasteiger partial charge in [-0.2, -0.15) is 9.97 Å². The molecule has 2 saturated heterocycles. The van der Waals surface area contributed by atoms with Crippen LogP contribution in [0.3, 0.4) is 0 Å². The zero-order chi connectivity index (χ0) is 42.4. The minimum Gasteiger partial charge on any atom is -0.396 e. The number of benzene rings is 2. The van der Waals surface area contributed by atoms with Crippen molar-refractivity contribution in [2.75, 3.05) is 49.7 Å². The Hall–Kier alpha value is -5.16. The average molecular weight is 845 g/mol. The maximum Gasteiger partial charge on any atom is 0.280 e. The van der Waals surface area contributed by atoms with Gasteiger partial charge in [-0.05, 0) is 76.6 Å². The van der Waals surface area contributed by atoms with Crippen molar-refractivity contribution in [1.29, 1.82) is 0 Å². The van der Waals surface area contributed by atoms with Crippen molar-refractivity contribution in [3.8, 4) is 23.2 Å². The second-order valence-electron chi connectivity index (χ2n) is 17.5. The Morgan fingerprint density at radius 3 is 1.50 bits per heavy atom. The van der Waals surface area contributed by atoms with Crippen molar-refractivity contribution >= 4 is 33.7 Å². The summed E-state index contributed by atoms with van der Waals surface area (Å²) in [7, 11) is 1.80. The molecule has 4 fully saturated rings. The third-order valence-electron chi connectivity index (χ3n) is 13.1. The molecule has 16 heteroatoms. The molecule has 0 radical (unpaired) electrons. The van der Waals surface area contributed by atoms with E-state index in [1.54, 1.807) is 14.0 Å². The topological polar surface area (TPSA) is 189 Å². The van der Waals surface area contributed by atoms with Crippen molar-refractivity contribution in [2.45, 2.75) is 121 Å². The zero-order valence-corrected chi connectivity index (χ0v) is 36.2. The van der Waals surface area contributed by atoms with E-state index in [0.29, 0.717) is 65.5 Å². The number of anilines is 2. The van der Waals surface area contributed by atoms with Gasteiger partial charge in [-0.25, -0.2) is 19.9 Å². The molecule has 6 heterocycles. The first-order valence-electron chi connectivity index (χ1n) is 22.7. The second kappa shape index (κ2) is 19.5. The fraction of sp³-hybridized carbons (Fsp3) is 0.565. The lowest BCUT2D eigenvalue weighted by molar-refractivity contribution is 0.0534. The summed E-state index contributed by atoms with van der Waals surface area (Å²) >= 11 is 0. The van der Waals surface area contributed by atoms with E-state index in [1.807, 2.05) is 55.5 Å². The Labute approximate surface area is 362 Å². The number of aromatic nitrogens is 8. The van der Waals surface area contributed by atoms with Crippen molar-refractivity contribution in [2.24, 2.45) is 5.92 Å². The Kier molecular flexibility index (Phi) is 13.2. The molecule has 2 aliphatic carbocycles. The van der Waals surface area contributed by atoms with E-state index < -0.39 is 0 Å². The highest BCUT2D eigenvalue weighted by atomic mass is 16.5. The summed E-state index contributed by atoms with van der Waals surface area (Å²) in [6.07, 6.45) is 15.0. The number of aliphatic hydroxyl groups excluding tert-OH is 1. The Morgan fingerprint density at radius 1 is 0.597 bits per heavy atom. The SMILES string of the molecule is COC1CN(c2nc3ccccc3nc2-c2nc(C)no2)CCC1NC1CCCCC1.Cc1noc(-c2nc3ccccc3nc2N2CCC(NC3CCCCC3)C(CO)C2)n1. The summed E-state index contributed by atoms with van der Waals surface area (Å²) in [4.78, 5) is 32.8. The number of fused-ring (bicyclic) bond motifs is 2. The summed E-state index contributed by atoms with van der Waals surface area (Å²) < 4.78 is 16.9. The molecule has 4 aromatic heterocycles. The van der Waals surface area contributed by atoms with Crippen molar-refractivity contribution in [1.82, 2.24) is 50.9 Å². The highest BCUT2D eigenvalue weighted by Crippen LogP contribution is 2.34. The van der Waals surface area contributed by atoms with Crippen LogP contribution in [0.4, 0.5) is 11.6 Å². The lowest BCUT2D eigenvalue weighted by atomic mass is 9.89. The Morgan fingerprint density at radius 2 is 1.05 bits per heavy atom. The minimum atomic E-state index is 0.0845. The van der Waals surface area contributed by atoms with Crippen LogP contribution in [0, 0.1) is 19.8 Å². The molecule has 16 nitrogen and oxygen atoms in total. The highest BCUT2D eigenvalue weighted by molar-refractivity contribution is 5.82. The molecule has 2 saturated carbocycles.